The molecule has 29 heavy (non-hydrogen) atoms. The van der Waals surface area contributed by atoms with Gasteiger partial charge < -0.3 is 21.3 Å². The van der Waals surface area contributed by atoms with E-state index in [9.17, 15) is 14.4 Å². The molecule has 0 aromatic heterocycles. The molecule has 1 aliphatic rings. The average Bonchev–Trinajstić information content (AvgIpc) is 3.15. The molecule has 0 saturated carbocycles. The molecule has 0 spiro atoms. The van der Waals surface area contributed by atoms with Gasteiger partial charge in [-0.15, -0.1) is 0 Å². The van der Waals surface area contributed by atoms with Gasteiger partial charge in [0.2, 0.25) is 11.8 Å². The van der Waals surface area contributed by atoms with E-state index in [4.69, 9.17) is 5.73 Å². The van der Waals surface area contributed by atoms with Gasteiger partial charge >= 0.3 is 0 Å². The van der Waals surface area contributed by atoms with Crippen LogP contribution in [0.5, 0.6) is 0 Å². The first kappa shape index (κ1) is 20.5. The molecule has 2 aromatic rings. The number of amides is 3. The number of carbonyl (C=O) groups is 3. The third-order valence-electron chi connectivity index (χ3n) is 4.99. The van der Waals surface area contributed by atoms with Crippen molar-refractivity contribution in [2.45, 2.75) is 26.3 Å². The van der Waals surface area contributed by atoms with Crippen LogP contribution in [-0.2, 0) is 16.0 Å². The topological polar surface area (TPSA) is 105 Å². The fraction of sp³-hybridized carbons (Fsp3) is 0.318. The summed E-state index contributed by atoms with van der Waals surface area (Å²) >= 11 is 0. The quantitative estimate of drug-likeness (QED) is 0.696. The molecule has 0 radical (unpaired) electrons. The zero-order chi connectivity index (χ0) is 21.0. The fourth-order valence-corrected chi connectivity index (χ4v) is 3.19. The van der Waals surface area contributed by atoms with Gasteiger partial charge in [-0.3, -0.25) is 14.4 Å². The second kappa shape index (κ2) is 8.87. The van der Waals surface area contributed by atoms with Crippen LogP contribution in [0.2, 0.25) is 0 Å². The monoisotopic (exact) mass is 394 g/mol. The van der Waals surface area contributed by atoms with E-state index in [0.29, 0.717) is 17.8 Å². The van der Waals surface area contributed by atoms with Crippen LogP contribution >= 0.6 is 0 Å². The molecule has 1 atom stereocenters. The maximum Gasteiger partial charge on any atom is 0.258 e. The van der Waals surface area contributed by atoms with Gasteiger partial charge in [-0.2, -0.15) is 0 Å². The molecule has 0 saturated heterocycles. The SMILES string of the molecule is CC(C)[C@H](N)C(=O)NCC(=O)Nc1ccc(C(=O)N2CCc3ccccc32)cc1. The molecule has 0 bridgehead atoms. The molecule has 3 rings (SSSR count). The van der Waals surface area contributed by atoms with Gasteiger partial charge in [0.25, 0.3) is 5.91 Å². The number of nitrogens with one attached hydrogen (secondary N) is 2. The molecule has 2 aromatic carbocycles. The van der Waals surface area contributed by atoms with Crippen LogP contribution in [0.3, 0.4) is 0 Å². The molecule has 0 unspecified atom stereocenters. The number of fused-ring (bicyclic) bond motifs is 1. The number of nitrogens with two attached hydrogens (primary N) is 1. The lowest BCUT2D eigenvalue weighted by molar-refractivity contribution is -0.125. The van der Waals surface area contributed by atoms with Gasteiger partial charge in [0.1, 0.15) is 0 Å². The summed E-state index contributed by atoms with van der Waals surface area (Å²) in [5, 5.41) is 5.22. The van der Waals surface area contributed by atoms with E-state index >= 15 is 0 Å². The molecule has 0 aliphatic carbocycles. The first-order valence-electron chi connectivity index (χ1n) is 9.70. The molecule has 4 N–H and O–H groups in total. The van der Waals surface area contributed by atoms with Gasteiger partial charge in [0.15, 0.2) is 0 Å². The summed E-state index contributed by atoms with van der Waals surface area (Å²) in [4.78, 5) is 38.4. The smallest absolute Gasteiger partial charge is 0.258 e. The number of benzene rings is 2. The number of hydrogen-bond donors (Lipinski definition) is 3. The Morgan fingerprint density at radius 2 is 1.76 bits per heavy atom. The minimum absolute atomic E-state index is 0.00860. The molecule has 7 nitrogen and oxygen atoms in total. The maximum atomic E-state index is 12.8. The zero-order valence-electron chi connectivity index (χ0n) is 16.6. The van der Waals surface area contributed by atoms with E-state index in [2.05, 4.69) is 10.6 Å². The molecule has 152 valence electrons. The van der Waals surface area contributed by atoms with Crippen LogP contribution in [-0.4, -0.2) is 36.9 Å². The lowest BCUT2D eigenvalue weighted by Gasteiger charge is -2.17. The number of hydrogen-bond acceptors (Lipinski definition) is 4. The highest BCUT2D eigenvalue weighted by atomic mass is 16.2. The predicted molar refractivity (Wildman–Crippen MR) is 113 cm³/mol. The first-order chi connectivity index (χ1) is 13.9. The minimum Gasteiger partial charge on any atom is -0.346 e. The van der Waals surface area contributed by atoms with Crippen LogP contribution in [0, 0.1) is 5.92 Å². The molecular weight excluding hydrogens is 368 g/mol. The standard InChI is InChI=1S/C22H26N4O3/c1-14(2)20(23)21(28)24-13-19(27)25-17-9-7-16(8-10-17)22(29)26-12-11-15-5-3-4-6-18(15)26/h3-10,14,20H,11-13,23H2,1-2H3,(H,24,28)(H,25,27)/t20-/m0/s1. The summed E-state index contributed by atoms with van der Waals surface area (Å²) in [6.07, 6.45) is 0.849. The van der Waals surface area contributed by atoms with Crippen molar-refractivity contribution >= 4 is 29.1 Å². The number of anilines is 2. The third kappa shape index (κ3) is 4.81. The Kier molecular flexibility index (Phi) is 6.29. The Bertz CT molecular complexity index is 909. The van der Waals surface area contributed by atoms with Gasteiger partial charge in [-0.05, 0) is 48.2 Å². The molecule has 3 amide bonds. The third-order valence-corrected chi connectivity index (χ3v) is 4.99. The number of rotatable bonds is 6. The van der Waals surface area contributed by atoms with Gasteiger partial charge in [-0.25, -0.2) is 0 Å². The molecule has 7 heteroatoms. The van der Waals surface area contributed by atoms with E-state index < -0.39 is 6.04 Å². The Balaban J connectivity index is 1.56. The van der Waals surface area contributed by atoms with Gasteiger partial charge in [0, 0.05) is 23.5 Å². The normalized spacial score (nSPS) is 13.7. The lowest BCUT2D eigenvalue weighted by Crippen LogP contribution is -2.46. The number of para-hydroxylation sites is 1. The van der Waals surface area contributed by atoms with Gasteiger partial charge in [0.05, 0.1) is 12.6 Å². The largest absolute Gasteiger partial charge is 0.346 e. The highest BCUT2D eigenvalue weighted by Gasteiger charge is 2.25. The number of carbonyl (C=O) groups excluding carboxylic acids is 3. The van der Waals surface area contributed by atoms with Crippen molar-refractivity contribution in [3.05, 3.63) is 59.7 Å². The second-order valence-corrected chi connectivity index (χ2v) is 7.45. The van der Waals surface area contributed by atoms with Crippen molar-refractivity contribution in [3.63, 3.8) is 0 Å². The van der Waals surface area contributed by atoms with E-state index in [-0.39, 0.29) is 30.2 Å². The first-order valence-corrected chi connectivity index (χ1v) is 9.70. The highest BCUT2D eigenvalue weighted by molar-refractivity contribution is 6.07. The van der Waals surface area contributed by atoms with Crippen molar-refractivity contribution in [2.75, 3.05) is 23.3 Å². The van der Waals surface area contributed by atoms with Crippen molar-refractivity contribution in [3.8, 4) is 0 Å². The number of nitrogens with zero attached hydrogens (tertiary/aromatic N) is 1. The van der Waals surface area contributed by atoms with Gasteiger partial charge in [-0.1, -0.05) is 32.0 Å². The van der Waals surface area contributed by atoms with E-state index in [1.54, 1.807) is 29.2 Å². The van der Waals surface area contributed by atoms with Crippen LogP contribution in [0.4, 0.5) is 11.4 Å². The predicted octanol–water partition coefficient (Wildman–Crippen LogP) is 1.93. The Labute approximate surface area is 170 Å². The van der Waals surface area contributed by atoms with Crippen LogP contribution < -0.4 is 21.3 Å². The summed E-state index contributed by atoms with van der Waals surface area (Å²) < 4.78 is 0. The van der Waals surface area contributed by atoms with Crippen molar-refractivity contribution in [2.24, 2.45) is 11.7 Å². The summed E-state index contributed by atoms with van der Waals surface area (Å²) in [6, 6.07) is 14.0. The van der Waals surface area contributed by atoms with E-state index in [1.165, 1.54) is 5.56 Å². The second-order valence-electron chi connectivity index (χ2n) is 7.45. The van der Waals surface area contributed by atoms with Crippen molar-refractivity contribution < 1.29 is 14.4 Å². The van der Waals surface area contributed by atoms with Crippen LogP contribution in [0.1, 0.15) is 29.8 Å². The Hall–Kier alpha value is -3.19. The van der Waals surface area contributed by atoms with E-state index in [0.717, 1.165) is 12.1 Å². The maximum absolute atomic E-state index is 12.8. The Morgan fingerprint density at radius 3 is 2.45 bits per heavy atom. The fourth-order valence-electron chi connectivity index (χ4n) is 3.19. The zero-order valence-corrected chi connectivity index (χ0v) is 16.6. The summed E-state index contributed by atoms with van der Waals surface area (Å²) in [7, 11) is 0. The Morgan fingerprint density at radius 1 is 1.07 bits per heavy atom. The molecular formula is C22H26N4O3. The minimum atomic E-state index is -0.649. The molecule has 1 aliphatic heterocycles. The van der Waals surface area contributed by atoms with E-state index in [1.807, 2.05) is 38.1 Å². The average molecular weight is 394 g/mol. The summed E-state index contributed by atoms with van der Waals surface area (Å²) in [5.41, 5.74) is 8.97. The lowest BCUT2D eigenvalue weighted by atomic mass is 10.1. The molecule has 1 heterocycles. The summed E-state index contributed by atoms with van der Waals surface area (Å²) in [5.74, 6) is -0.794. The summed E-state index contributed by atoms with van der Waals surface area (Å²) in [6.45, 7) is 4.18. The van der Waals surface area contributed by atoms with Crippen LogP contribution in [0.25, 0.3) is 0 Å². The highest BCUT2D eigenvalue weighted by Crippen LogP contribution is 2.29. The van der Waals surface area contributed by atoms with Crippen molar-refractivity contribution in [1.82, 2.24) is 5.32 Å². The van der Waals surface area contributed by atoms with Crippen molar-refractivity contribution in [1.29, 1.82) is 0 Å². The molecule has 0 fully saturated rings. The van der Waals surface area contributed by atoms with Crippen LogP contribution in [0.15, 0.2) is 48.5 Å².